The highest BCUT2D eigenvalue weighted by Crippen LogP contribution is 2.26. The molecule has 0 aliphatic heterocycles. The van der Waals surface area contributed by atoms with Crippen LogP contribution in [0.2, 0.25) is 0 Å². The summed E-state index contributed by atoms with van der Waals surface area (Å²) < 4.78 is 3.55. The number of fused-ring (bicyclic) bond motifs is 1. The molecule has 0 aliphatic carbocycles. The van der Waals surface area contributed by atoms with Crippen molar-refractivity contribution in [2.24, 2.45) is 0 Å². The normalized spacial score (nSPS) is 11.4. The molecule has 0 bridgehead atoms. The summed E-state index contributed by atoms with van der Waals surface area (Å²) in [5.41, 5.74) is 6.23. The number of aromatic nitrogens is 4. The molecule has 0 radical (unpaired) electrons. The third kappa shape index (κ3) is 4.39. The van der Waals surface area contributed by atoms with E-state index in [1.54, 1.807) is 4.57 Å². The summed E-state index contributed by atoms with van der Waals surface area (Å²) in [5.74, 6) is 0.555. The molecule has 0 aliphatic rings. The lowest BCUT2D eigenvalue weighted by Crippen LogP contribution is -2.22. The van der Waals surface area contributed by atoms with Crippen LogP contribution in [0.3, 0.4) is 0 Å². The Labute approximate surface area is 214 Å². The number of hydrogen-bond donors (Lipinski definition) is 0. The fourth-order valence-corrected chi connectivity index (χ4v) is 4.41. The van der Waals surface area contributed by atoms with Gasteiger partial charge in [0, 0.05) is 17.3 Å². The van der Waals surface area contributed by atoms with E-state index in [9.17, 15) is 4.79 Å². The number of rotatable bonds is 5. The summed E-state index contributed by atoms with van der Waals surface area (Å²) in [7, 11) is 0. The third-order valence-corrected chi connectivity index (χ3v) is 6.32. The topological polar surface area (TPSA) is 52.7 Å². The van der Waals surface area contributed by atoms with E-state index < -0.39 is 0 Å². The van der Waals surface area contributed by atoms with Crippen LogP contribution in [0.25, 0.3) is 45.7 Å². The molecule has 178 valence electrons. The van der Waals surface area contributed by atoms with Crippen molar-refractivity contribution in [2.75, 3.05) is 0 Å². The summed E-state index contributed by atoms with van der Waals surface area (Å²) in [4.78, 5) is 18.5. The average Bonchev–Trinajstić information content (AvgIpc) is 3.38. The van der Waals surface area contributed by atoms with Crippen LogP contribution < -0.4 is 5.56 Å². The van der Waals surface area contributed by atoms with Crippen LogP contribution in [0.4, 0.5) is 0 Å². The minimum absolute atomic E-state index is 0.0997. The zero-order chi connectivity index (χ0) is 25.2. The van der Waals surface area contributed by atoms with Crippen molar-refractivity contribution < 1.29 is 0 Å². The molecular weight excluding hydrogens is 456 g/mol. The van der Waals surface area contributed by atoms with Gasteiger partial charge in [-0.25, -0.2) is 9.67 Å². The molecule has 0 atom stereocenters. The summed E-state index contributed by atoms with van der Waals surface area (Å²) >= 11 is 0. The average molecular weight is 481 g/mol. The summed E-state index contributed by atoms with van der Waals surface area (Å²) in [6, 6.07) is 35.5. The number of nitrogens with zero attached hydrogens (tertiary/aromatic N) is 4. The van der Waals surface area contributed by atoms with E-state index in [1.807, 2.05) is 139 Å². The van der Waals surface area contributed by atoms with Gasteiger partial charge in [-0.1, -0.05) is 78.4 Å². The Morgan fingerprint density at radius 1 is 0.703 bits per heavy atom. The number of para-hydroxylation sites is 2. The monoisotopic (exact) mass is 480 g/mol. The smallest absolute Gasteiger partial charge is 0.266 e. The van der Waals surface area contributed by atoms with E-state index in [-0.39, 0.29) is 5.56 Å². The Hall–Kier alpha value is -5.03. The second kappa shape index (κ2) is 9.55. The van der Waals surface area contributed by atoms with Crippen molar-refractivity contribution in [2.45, 2.75) is 6.92 Å². The fraction of sp³-hybridized carbons (Fsp3) is 0.0312. The highest BCUT2D eigenvalue weighted by atomic mass is 16.1. The van der Waals surface area contributed by atoms with Gasteiger partial charge in [-0.3, -0.25) is 9.36 Å². The van der Waals surface area contributed by atoms with Gasteiger partial charge in [0.15, 0.2) is 0 Å². The van der Waals surface area contributed by atoms with Crippen molar-refractivity contribution >= 4 is 23.1 Å². The standard InChI is InChI=1S/C32H24N4O/c1-23-16-19-27(20-17-23)36-30(33-29-15-9-8-14-28(29)32(36)37)21-18-25-22-35(26-12-6-3-7-13-26)34-31(25)24-10-4-2-5-11-24/h2-22H,1H3/b21-18+. The van der Waals surface area contributed by atoms with Gasteiger partial charge in [0.1, 0.15) is 5.82 Å². The zero-order valence-corrected chi connectivity index (χ0v) is 20.3. The van der Waals surface area contributed by atoms with Crippen LogP contribution in [0.15, 0.2) is 120 Å². The number of hydrogen-bond acceptors (Lipinski definition) is 3. The van der Waals surface area contributed by atoms with Crippen molar-refractivity contribution in [1.82, 2.24) is 19.3 Å². The molecule has 6 aromatic rings. The predicted octanol–water partition coefficient (Wildman–Crippen LogP) is 6.72. The van der Waals surface area contributed by atoms with E-state index in [4.69, 9.17) is 10.1 Å². The minimum atomic E-state index is -0.0997. The number of benzene rings is 4. The molecule has 2 heterocycles. The SMILES string of the molecule is Cc1ccc(-n2c(/C=C/c3cn(-c4ccccc4)nc3-c3ccccc3)nc3ccccc3c2=O)cc1. The van der Waals surface area contributed by atoms with Gasteiger partial charge in [-0.05, 0) is 55.5 Å². The van der Waals surface area contributed by atoms with Crippen LogP contribution in [-0.2, 0) is 0 Å². The van der Waals surface area contributed by atoms with Crippen LogP contribution in [0.1, 0.15) is 17.0 Å². The first kappa shape index (κ1) is 22.4. The van der Waals surface area contributed by atoms with Gasteiger partial charge in [0.05, 0.1) is 28.0 Å². The maximum absolute atomic E-state index is 13.6. The van der Waals surface area contributed by atoms with Crippen molar-refractivity contribution in [3.05, 3.63) is 143 Å². The molecule has 0 saturated carbocycles. The molecule has 5 heteroatoms. The largest absolute Gasteiger partial charge is 0.268 e. The van der Waals surface area contributed by atoms with Crippen LogP contribution in [-0.4, -0.2) is 19.3 Å². The molecule has 4 aromatic carbocycles. The maximum Gasteiger partial charge on any atom is 0.266 e. The van der Waals surface area contributed by atoms with E-state index in [2.05, 4.69) is 0 Å². The zero-order valence-electron chi connectivity index (χ0n) is 20.3. The molecule has 0 spiro atoms. The molecule has 0 saturated heterocycles. The third-order valence-electron chi connectivity index (χ3n) is 6.32. The Kier molecular flexibility index (Phi) is 5.79. The van der Waals surface area contributed by atoms with Crippen molar-refractivity contribution in [1.29, 1.82) is 0 Å². The minimum Gasteiger partial charge on any atom is -0.268 e. The molecule has 0 fully saturated rings. The first-order valence-corrected chi connectivity index (χ1v) is 12.1. The van der Waals surface area contributed by atoms with Crippen molar-refractivity contribution in [3.63, 3.8) is 0 Å². The fourth-order valence-electron chi connectivity index (χ4n) is 4.41. The second-order valence-corrected chi connectivity index (χ2v) is 8.88. The summed E-state index contributed by atoms with van der Waals surface area (Å²) in [6.07, 6.45) is 5.88. The summed E-state index contributed by atoms with van der Waals surface area (Å²) in [5, 5.41) is 5.48. The molecule has 0 N–H and O–H groups in total. The van der Waals surface area contributed by atoms with Crippen molar-refractivity contribution in [3.8, 4) is 22.6 Å². The first-order chi connectivity index (χ1) is 18.2. The summed E-state index contributed by atoms with van der Waals surface area (Å²) in [6.45, 7) is 2.03. The highest BCUT2D eigenvalue weighted by Gasteiger charge is 2.13. The van der Waals surface area contributed by atoms with Crippen LogP contribution in [0.5, 0.6) is 0 Å². The lowest BCUT2D eigenvalue weighted by atomic mass is 10.1. The Bertz CT molecular complexity index is 1780. The first-order valence-electron chi connectivity index (χ1n) is 12.1. The molecular formula is C32H24N4O. The molecule has 6 rings (SSSR count). The van der Waals surface area contributed by atoms with Crippen LogP contribution >= 0.6 is 0 Å². The van der Waals surface area contributed by atoms with E-state index in [0.717, 1.165) is 33.8 Å². The predicted molar refractivity (Wildman–Crippen MR) is 150 cm³/mol. The molecule has 37 heavy (non-hydrogen) atoms. The molecule has 5 nitrogen and oxygen atoms in total. The van der Waals surface area contributed by atoms with Crippen LogP contribution in [0, 0.1) is 6.92 Å². The maximum atomic E-state index is 13.6. The van der Waals surface area contributed by atoms with Gasteiger partial charge in [0.2, 0.25) is 0 Å². The van der Waals surface area contributed by atoms with E-state index in [1.165, 1.54) is 0 Å². The molecule has 0 unspecified atom stereocenters. The lowest BCUT2D eigenvalue weighted by Gasteiger charge is -2.11. The van der Waals surface area contributed by atoms with E-state index >= 15 is 0 Å². The van der Waals surface area contributed by atoms with Gasteiger partial charge in [0.25, 0.3) is 5.56 Å². The van der Waals surface area contributed by atoms with Gasteiger partial charge in [-0.15, -0.1) is 0 Å². The van der Waals surface area contributed by atoms with Gasteiger partial charge >= 0.3 is 0 Å². The molecule has 2 aromatic heterocycles. The Morgan fingerprint density at radius 2 is 1.38 bits per heavy atom. The van der Waals surface area contributed by atoms with E-state index in [0.29, 0.717) is 16.7 Å². The quantitative estimate of drug-likeness (QED) is 0.275. The Morgan fingerprint density at radius 3 is 2.14 bits per heavy atom. The second-order valence-electron chi connectivity index (χ2n) is 8.88. The lowest BCUT2D eigenvalue weighted by molar-refractivity contribution is 0.884. The number of aryl methyl sites for hydroxylation is 1. The van der Waals surface area contributed by atoms with Gasteiger partial charge < -0.3 is 0 Å². The highest BCUT2D eigenvalue weighted by molar-refractivity contribution is 5.82. The van der Waals surface area contributed by atoms with Gasteiger partial charge in [-0.2, -0.15) is 5.10 Å². The molecule has 0 amide bonds. The Balaban J connectivity index is 1.53.